The van der Waals surface area contributed by atoms with E-state index >= 15 is 0 Å². The SMILES string of the molecule is CCCCc1cnc(C2(C(O)/C=C/CC3CCC[C@H]4/C(=C/C=C5C[C@@H](O[Si](C)(C)C(C)(C)C)C[C@H](O[Si](C)(C)C(C)(C)C)C5)CCC[C@H]34)CC2)o1. The lowest BCUT2D eigenvalue weighted by atomic mass is 9.62. The van der Waals surface area contributed by atoms with Crippen molar-refractivity contribution in [1.29, 1.82) is 0 Å². The van der Waals surface area contributed by atoms with Gasteiger partial charge in [-0.15, -0.1) is 0 Å². The second kappa shape index (κ2) is 16.2. The van der Waals surface area contributed by atoms with Crippen LogP contribution in [-0.2, 0) is 20.7 Å². The first kappa shape index (κ1) is 40.9. The summed E-state index contributed by atoms with van der Waals surface area (Å²) < 4.78 is 20.3. The highest BCUT2D eigenvalue weighted by molar-refractivity contribution is 6.74. The van der Waals surface area contributed by atoms with Gasteiger partial charge in [0.2, 0.25) is 5.89 Å². The minimum absolute atomic E-state index is 0.196. The van der Waals surface area contributed by atoms with E-state index in [0.717, 1.165) is 75.4 Å². The van der Waals surface area contributed by atoms with E-state index in [1.54, 1.807) is 5.57 Å². The molecule has 5 nitrogen and oxygen atoms in total. The lowest BCUT2D eigenvalue weighted by molar-refractivity contribution is 0.0725. The first-order valence-electron chi connectivity index (χ1n) is 20.9. The van der Waals surface area contributed by atoms with Gasteiger partial charge in [0.05, 0.1) is 29.9 Å². The number of aryl methyl sites for hydroxylation is 1. The molecule has 5 rings (SSSR count). The molecule has 7 heteroatoms. The molecule has 0 amide bonds. The fourth-order valence-electron chi connectivity index (χ4n) is 8.68. The third-order valence-corrected chi connectivity index (χ3v) is 23.2. The predicted octanol–water partition coefficient (Wildman–Crippen LogP) is 12.4. The molecular weight excluding hydrogens is 663 g/mol. The molecule has 0 spiro atoms. The van der Waals surface area contributed by atoms with Crippen LogP contribution < -0.4 is 0 Å². The van der Waals surface area contributed by atoms with Gasteiger partial charge in [-0.05, 0) is 131 Å². The molecule has 1 aromatic rings. The van der Waals surface area contributed by atoms with Gasteiger partial charge in [0.1, 0.15) is 5.76 Å². The standard InChI is InChI=1S/C44H75NO4Si2/c1-12-13-20-35-31-45-41(47-35)44(26-27-44)40(46)23-16-19-33-17-14-22-39-34(18-15-21-38(33)39)25-24-32-28-36(48-50(8,9)42(2,3)4)30-37(29-32)49-51(10,11)43(5,6)7/h16,23-25,31,33,36-40,46H,12-15,17-22,26-30H2,1-11H3/b23-16+,34-25+/t33?,36-,37-,38-,39+,40?/m1/s1. The smallest absolute Gasteiger partial charge is 0.203 e. The molecule has 0 radical (unpaired) electrons. The summed E-state index contributed by atoms with van der Waals surface area (Å²) in [4.78, 5) is 4.61. The van der Waals surface area contributed by atoms with Crippen molar-refractivity contribution in [1.82, 2.24) is 4.98 Å². The van der Waals surface area contributed by atoms with Crippen molar-refractivity contribution in [3.63, 3.8) is 0 Å². The monoisotopic (exact) mass is 738 g/mol. The second-order valence-corrected chi connectivity index (χ2v) is 29.6. The Morgan fingerprint density at radius 2 is 1.59 bits per heavy atom. The predicted molar refractivity (Wildman–Crippen MR) is 218 cm³/mol. The van der Waals surface area contributed by atoms with Crippen LogP contribution in [0.2, 0.25) is 36.3 Å². The van der Waals surface area contributed by atoms with E-state index < -0.39 is 22.7 Å². The molecule has 1 aromatic heterocycles. The summed E-state index contributed by atoms with van der Waals surface area (Å²) in [6, 6.07) is 0. The fourth-order valence-corrected chi connectivity index (χ4v) is 11.4. The number of fused-ring (bicyclic) bond motifs is 1. The van der Waals surface area contributed by atoms with Crippen molar-refractivity contribution in [2.75, 3.05) is 0 Å². The molecule has 4 fully saturated rings. The molecule has 4 aliphatic carbocycles. The molecule has 1 heterocycles. The van der Waals surface area contributed by atoms with Crippen LogP contribution in [0.3, 0.4) is 0 Å². The molecule has 51 heavy (non-hydrogen) atoms. The number of aliphatic hydroxyl groups excluding tert-OH is 1. The Hall–Kier alpha value is -1.26. The molecule has 2 unspecified atom stereocenters. The minimum atomic E-state index is -1.90. The first-order valence-corrected chi connectivity index (χ1v) is 26.7. The Kier molecular flexibility index (Phi) is 13.0. The molecule has 288 valence electrons. The van der Waals surface area contributed by atoms with E-state index in [2.05, 4.69) is 104 Å². The summed E-state index contributed by atoms with van der Waals surface area (Å²) in [5.41, 5.74) is 2.89. The third-order valence-electron chi connectivity index (χ3n) is 14.1. The van der Waals surface area contributed by atoms with Crippen molar-refractivity contribution in [3.8, 4) is 0 Å². The Morgan fingerprint density at radius 3 is 2.18 bits per heavy atom. The van der Waals surface area contributed by atoms with Crippen LogP contribution in [0.5, 0.6) is 0 Å². The zero-order chi connectivity index (χ0) is 37.2. The van der Waals surface area contributed by atoms with Crippen LogP contribution in [0.25, 0.3) is 0 Å². The normalized spacial score (nSPS) is 29.0. The molecule has 1 N–H and O–H groups in total. The molecule has 0 aliphatic heterocycles. The van der Waals surface area contributed by atoms with E-state index in [1.165, 1.54) is 44.1 Å². The lowest BCUT2D eigenvalue weighted by Gasteiger charge is -2.45. The molecule has 6 atom stereocenters. The van der Waals surface area contributed by atoms with Crippen molar-refractivity contribution < 1.29 is 18.4 Å². The highest BCUT2D eigenvalue weighted by Crippen LogP contribution is 2.52. The van der Waals surface area contributed by atoms with Gasteiger partial charge in [-0.3, -0.25) is 0 Å². The van der Waals surface area contributed by atoms with E-state index in [9.17, 15) is 5.11 Å². The van der Waals surface area contributed by atoms with Gasteiger partial charge in [0.25, 0.3) is 0 Å². The van der Waals surface area contributed by atoms with Crippen molar-refractivity contribution in [3.05, 3.63) is 53.3 Å². The molecule has 0 saturated heterocycles. The van der Waals surface area contributed by atoms with E-state index in [0.29, 0.717) is 11.8 Å². The fraction of sp³-hybridized carbons (Fsp3) is 0.795. The average molecular weight is 738 g/mol. The molecule has 4 aliphatic rings. The molecular formula is C44H75NO4Si2. The van der Waals surface area contributed by atoms with Gasteiger partial charge in [-0.1, -0.05) is 96.8 Å². The molecule has 4 saturated carbocycles. The number of allylic oxidation sites excluding steroid dienone is 4. The highest BCUT2D eigenvalue weighted by Gasteiger charge is 2.53. The molecule has 0 bridgehead atoms. The third kappa shape index (κ3) is 9.90. The maximum atomic E-state index is 11.3. The first-order chi connectivity index (χ1) is 23.8. The number of rotatable bonds is 13. The van der Waals surface area contributed by atoms with Gasteiger partial charge in [-0.25, -0.2) is 4.98 Å². The maximum absolute atomic E-state index is 11.3. The van der Waals surface area contributed by atoms with Crippen LogP contribution in [0, 0.1) is 17.8 Å². The van der Waals surface area contributed by atoms with Crippen molar-refractivity contribution >= 4 is 16.6 Å². The number of aliphatic hydroxyl groups is 1. The zero-order valence-electron chi connectivity index (χ0n) is 34.6. The summed E-state index contributed by atoms with van der Waals surface area (Å²) in [5.74, 6) is 3.84. The van der Waals surface area contributed by atoms with Crippen LogP contribution >= 0.6 is 0 Å². The van der Waals surface area contributed by atoms with Crippen molar-refractivity contribution in [2.24, 2.45) is 17.8 Å². The van der Waals surface area contributed by atoms with Gasteiger partial charge < -0.3 is 18.4 Å². The quantitative estimate of drug-likeness (QED) is 0.161. The van der Waals surface area contributed by atoms with Gasteiger partial charge >= 0.3 is 0 Å². The van der Waals surface area contributed by atoms with Crippen LogP contribution in [0.15, 0.2) is 46.1 Å². The zero-order valence-corrected chi connectivity index (χ0v) is 36.6. The number of hydrogen-bond acceptors (Lipinski definition) is 5. The summed E-state index contributed by atoms with van der Waals surface area (Å²) in [7, 11) is -3.79. The lowest BCUT2D eigenvalue weighted by Crippen LogP contribution is -2.48. The maximum Gasteiger partial charge on any atom is 0.203 e. The number of hydrogen-bond donors (Lipinski definition) is 1. The number of nitrogens with zero attached hydrogens (tertiary/aromatic N) is 1. The Morgan fingerprint density at radius 1 is 0.941 bits per heavy atom. The van der Waals surface area contributed by atoms with Gasteiger partial charge in [0, 0.05) is 6.42 Å². The van der Waals surface area contributed by atoms with Gasteiger partial charge in [-0.2, -0.15) is 0 Å². The van der Waals surface area contributed by atoms with Crippen LogP contribution in [0.4, 0.5) is 0 Å². The summed E-state index contributed by atoms with van der Waals surface area (Å²) >= 11 is 0. The highest BCUT2D eigenvalue weighted by atomic mass is 28.4. The number of unbranched alkanes of at least 4 members (excludes halogenated alkanes) is 1. The van der Waals surface area contributed by atoms with E-state index in [-0.39, 0.29) is 27.7 Å². The molecule has 0 aromatic carbocycles. The average Bonchev–Trinajstić information content (AvgIpc) is 3.71. The van der Waals surface area contributed by atoms with Gasteiger partial charge in [0.15, 0.2) is 16.6 Å². The van der Waals surface area contributed by atoms with E-state index in [1.807, 2.05) is 6.20 Å². The minimum Gasteiger partial charge on any atom is -0.445 e. The van der Waals surface area contributed by atoms with Crippen molar-refractivity contribution in [2.45, 2.75) is 205 Å². The Labute approximate surface area is 314 Å². The Bertz CT molecular complexity index is 1350. The Balaban J connectivity index is 1.26. The van der Waals surface area contributed by atoms with Crippen LogP contribution in [0.1, 0.15) is 150 Å². The number of oxazole rings is 1. The van der Waals surface area contributed by atoms with Crippen LogP contribution in [-0.4, -0.2) is 45.0 Å². The largest absolute Gasteiger partial charge is 0.445 e. The topological polar surface area (TPSA) is 64.7 Å². The summed E-state index contributed by atoms with van der Waals surface area (Å²) in [6.45, 7) is 25.9. The summed E-state index contributed by atoms with van der Waals surface area (Å²) in [5, 5.41) is 11.7. The number of aromatic nitrogens is 1. The van der Waals surface area contributed by atoms with E-state index in [4.69, 9.17) is 13.3 Å². The summed E-state index contributed by atoms with van der Waals surface area (Å²) in [6.07, 6.45) is 28.3. The second-order valence-electron chi connectivity index (χ2n) is 20.1.